The number of hydrogen-bond donors (Lipinski definition) is 2. The molecule has 2 aliphatic carbocycles. The Morgan fingerprint density at radius 3 is 2.78 bits per heavy atom. The van der Waals surface area contributed by atoms with Crippen LogP contribution in [0.1, 0.15) is 36.1 Å². The van der Waals surface area contributed by atoms with Gasteiger partial charge >= 0.3 is 0 Å². The molecule has 1 saturated carbocycles. The van der Waals surface area contributed by atoms with E-state index in [9.17, 15) is 4.39 Å². The number of halogens is 1. The molecule has 1 fully saturated rings. The number of alkyl halides is 1. The van der Waals surface area contributed by atoms with E-state index >= 15 is 0 Å². The van der Waals surface area contributed by atoms with Crippen molar-refractivity contribution in [1.82, 2.24) is 4.72 Å². The highest BCUT2D eigenvalue weighted by atomic mass is 32.2. The molecule has 18 heavy (non-hydrogen) atoms. The standard InChI is InChI=1S/C13H19FN2S2/c1-15-13-12(18-16-9-6-8(14)7-9)10-4-2-3-5-11(10)17-13/h8-9,15-16H,2-7H2,1H3/t8-,9+. The molecular formula is C13H19FN2S2. The molecule has 0 amide bonds. The second-order valence-corrected chi connectivity index (χ2v) is 7.06. The highest BCUT2D eigenvalue weighted by Gasteiger charge is 2.29. The van der Waals surface area contributed by atoms with Crippen molar-refractivity contribution in [1.29, 1.82) is 0 Å². The van der Waals surface area contributed by atoms with E-state index in [-0.39, 0.29) is 0 Å². The molecule has 0 radical (unpaired) electrons. The summed E-state index contributed by atoms with van der Waals surface area (Å²) in [6, 6.07) is 0.355. The van der Waals surface area contributed by atoms with Crippen molar-refractivity contribution in [3.05, 3.63) is 10.4 Å². The van der Waals surface area contributed by atoms with Gasteiger partial charge in [0, 0.05) is 18.0 Å². The minimum Gasteiger partial charge on any atom is -0.379 e. The lowest BCUT2D eigenvalue weighted by atomic mass is 9.92. The van der Waals surface area contributed by atoms with Gasteiger partial charge in [0.2, 0.25) is 0 Å². The van der Waals surface area contributed by atoms with E-state index in [0.717, 1.165) is 0 Å². The molecule has 0 aromatic carbocycles. The maximum Gasteiger partial charge on any atom is 0.104 e. The van der Waals surface area contributed by atoms with Crippen molar-refractivity contribution in [3.8, 4) is 0 Å². The van der Waals surface area contributed by atoms with Gasteiger partial charge in [-0.3, -0.25) is 4.72 Å². The van der Waals surface area contributed by atoms with Crippen molar-refractivity contribution in [3.63, 3.8) is 0 Å². The minimum atomic E-state index is -0.580. The van der Waals surface area contributed by atoms with Crippen LogP contribution in [0.4, 0.5) is 9.39 Å². The second kappa shape index (κ2) is 5.39. The molecule has 0 bridgehead atoms. The molecular weight excluding hydrogens is 267 g/mol. The first kappa shape index (κ1) is 12.8. The van der Waals surface area contributed by atoms with E-state index < -0.39 is 6.17 Å². The van der Waals surface area contributed by atoms with Crippen LogP contribution < -0.4 is 10.0 Å². The van der Waals surface area contributed by atoms with E-state index in [1.54, 1.807) is 16.8 Å². The summed E-state index contributed by atoms with van der Waals surface area (Å²) in [7, 11) is 1.99. The number of nitrogens with one attached hydrogen (secondary N) is 2. The third-order valence-electron chi connectivity index (χ3n) is 3.76. The van der Waals surface area contributed by atoms with Crippen LogP contribution >= 0.6 is 23.3 Å². The van der Waals surface area contributed by atoms with Crippen LogP contribution in [0, 0.1) is 0 Å². The van der Waals surface area contributed by atoms with Crippen molar-refractivity contribution in [2.45, 2.75) is 55.6 Å². The molecule has 5 heteroatoms. The minimum absolute atomic E-state index is 0.355. The van der Waals surface area contributed by atoms with Crippen molar-refractivity contribution in [2.24, 2.45) is 0 Å². The van der Waals surface area contributed by atoms with Crippen molar-refractivity contribution < 1.29 is 4.39 Å². The first-order valence-corrected chi connectivity index (χ1v) is 8.30. The normalized spacial score (nSPS) is 26.6. The lowest BCUT2D eigenvalue weighted by molar-refractivity contribution is 0.173. The molecule has 0 aliphatic heterocycles. The van der Waals surface area contributed by atoms with Gasteiger partial charge in [0.1, 0.15) is 11.2 Å². The first-order chi connectivity index (χ1) is 8.78. The van der Waals surface area contributed by atoms with Crippen molar-refractivity contribution in [2.75, 3.05) is 12.4 Å². The van der Waals surface area contributed by atoms with Crippen LogP contribution in [0.3, 0.4) is 0 Å². The Morgan fingerprint density at radius 2 is 2.06 bits per heavy atom. The van der Waals surface area contributed by atoms with Gasteiger partial charge in [0.15, 0.2) is 0 Å². The molecule has 2 aliphatic rings. The zero-order valence-corrected chi connectivity index (χ0v) is 12.2. The van der Waals surface area contributed by atoms with E-state index in [4.69, 9.17) is 0 Å². The summed E-state index contributed by atoms with van der Waals surface area (Å²) in [5.74, 6) is 0. The van der Waals surface area contributed by atoms with Gasteiger partial charge in [-0.25, -0.2) is 4.39 Å². The van der Waals surface area contributed by atoms with Gasteiger partial charge in [-0.05, 0) is 56.0 Å². The molecule has 2 nitrogen and oxygen atoms in total. The lowest BCUT2D eigenvalue weighted by Gasteiger charge is -2.30. The summed E-state index contributed by atoms with van der Waals surface area (Å²) in [5, 5.41) is 4.58. The molecule has 0 atom stereocenters. The third-order valence-corrected chi connectivity index (χ3v) is 6.30. The van der Waals surface area contributed by atoms with Gasteiger partial charge in [-0.2, -0.15) is 0 Å². The molecule has 1 aromatic heterocycles. The zero-order chi connectivity index (χ0) is 12.5. The topological polar surface area (TPSA) is 24.1 Å². The smallest absolute Gasteiger partial charge is 0.104 e. The highest BCUT2D eigenvalue weighted by Crippen LogP contribution is 2.43. The van der Waals surface area contributed by atoms with Gasteiger partial charge in [-0.1, -0.05) is 0 Å². The number of anilines is 1. The van der Waals surface area contributed by atoms with E-state index in [2.05, 4.69) is 10.0 Å². The summed E-state index contributed by atoms with van der Waals surface area (Å²) in [4.78, 5) is 2.91. The number of fused-ring (bicyclic) bond motifs is 1. The number of hydrogen-bond acceptors (Lipinski definition) is 4. The molecule has 1 heterocycles. The number of aryl methyl sites for hydroxylation is 1. The van der Waals surface area contributed by atoms with E-state index in [1.807, 2.05) is 18.4 Å². The molecule has 3 rings (SSSR count). The maximum absolute atomic E-state index is 12.8. The fraction of sp³-hybridized carbons (Fsp3) is 0.692. The lowest BCUT2D eigenvalue weighted by Crippen LogP contribution is -2.38. The highest BCUT2D eigenvalue weighted by molar-refractivity contribution is 7.97. The summed E-state index contributed by atoms with van der Waals surface area (Å²) < 4.78 is 16.2. The largest absolute Gasteiger partial charge is 0.379 e. The van der Waals surface area contributed by atoms with Gasteiger partial charge < -0.3 is 5.32 Å². The third kappa shape index (κ3) is 2.40. The Labute approximate surface area is 116 Å². The summed E-state index contributed by atoms with van der Waals surface area (Å²) in [6.07, 6.45) is 5.82. The fourth-order valence-corrected chi connectivity index (χ4v) is 5.07. The van der Waals surface area contributed by atoms with Crippen molar-refractivity contribution >= 4 is 28.3 Å². The molecule has 0 saturated heterocycles. The van der Waals surface area contributed by atoms with Crippen LogP contribution in [-0.2, 0) is 12.8 Å². The number of thiophene rings is 1. The monoisotopic (exact) mass is 286 g/mol. The molecule has 1 aromatic rings. The van der Waals surface area contributed by atoms with Crippen LogP contribution in [0.15, 0.2) is 4.90 Å². The molecule has 2 N–H and O–H groups in total. The van der Waals surface area contributed by atoms with E-state index in [1.165, 1.54) is 41.1 Å². The number of rotatable bonds is 4. The van der Waals surface area contributed by atoms with E-state index in [0.29, 0.717) is 18.9 Å². The average molecular weight is 286 g/mol. The Morgan fingerprint density at radius 1 is 1.28 bits per heavy atom. The predicted octanol–water partition coefficient (Wildman–Crippen LogP) is 3.77. The van der Waals surface area contributed by atoms with Crippen LogP contribution in [0.5, 0.6) is 0 Å². The Hall–Kier alpha value is -0.260. The quantitative estimate of drug-likeness (QED) is 0.824. The molecule has 0 spiro atoms. The molecule has 0 unspecified atom stereocenters. The van der Waals surface area contributed by atoms with Crippen LogP contribution in [0.2, 0.25) is 0 Å². The summed E-state index contributed by atoms with van der Waals surface area (Å²) in [5.41, 5.74) is 1.53. The Balaban J connectivity index is 1.71. The van der Waals surface area contributed by atoms with Crippen LogP contribution in [0.25, 0.3) is 0 Å². The zero-order valence-electron chi connectivity index (χ0n) is 10.6. The fourth-order valence-electron chi connectivity index (χ4n) is 2.60. The van der Waals surface area contributed by atoms with Gasteiger partial charge in [0.05, 0.1) is 4.90 Å². The second-order valence-electron chi connectivity index (χ2n) is 5.10. The van der Waals surface area contributed by atoms with Gasteiger partial charge in [0.25, 0.3) is 0 Å². The summed E-state index contributed by atoms with van der Waals surface area (Å²) in [6.45, 7) is 0. The SMILES string of the molecule is CNc1sc2c(c1SN[C@H]1C[C@@H](F)C1)CCCC2. The average Bonchev–Trinajstić information content (AvgIpc) is 2.71. The Bertz CT molecular complexity index is 427. The molecule has 100 valence electrons. The first-order valence-electron chi connectivity index (χ1n) is 6.66. The summed E-state index contributed by atoms with van der Waals surface area (Å²) >= 11 is 3.60. The maximum atomic E-state index is 12.8. The Kier molecular flexibility index (Phi) is 3.82. The van der Waals surface area contributed by atoms with Gasteiger partial charge in [-0.15, -0.1) is 11.3 Å². The predicted molar refractivity (Wildman–Crippen MR) is 77.4 cm³/mol. The van der Waals surface area contributed by atoms with Crippen LogP contribution in [-0.4, -0.2) is 19.3 Å².